The van der Waals surface area contributed by atoms with Crippen molar-refractivity contribution in [1.82, 2.24) is 9.80 Å². The number of halogens is 2. The lowest BCUT2D eigenvalue weighted by Crippen LogP contribution is -2.60. The zero-order valence-electron chi connectivity index (χ0n) is 18.3. The summed E-state index contributed by atoms with van der Waals surface area (Å²) in [6.07, 6.45) is 3.38. The topological polar surface area (TPSA) is 75.9 Å². The van der Waals surface area contributed by atoms with Gasteiger partial charge in [-0.1, -0.05) is 24.3 Å². The van der Waals surface area contributed by atoms with E-state index >= 15 is 4.39 Å². The Hall–Kier alpha value is -2.84. The van der Waals surface area contributed by atoms with Crippen LogP contribution in [0, 0.1) is 11.6 Å². The Balaban J connectivity index is 1.32. The molecule has 3 fully saturated rings. The number of nitrogens with two attached hydrogens (primary N) is 1. The number of amides is 2. The Labute approximate surface area is 191 Å². The van der Waals surface area contributed by atoms with Crippen LogP contribution in [0.4, 0.5) is 8.78 Å². The highest BCUT2D eigenvalue weighted by atomic mass is 19.1. The van der Waals surface area contributed by atoms with Gasteiger partial charge in [-0.15, -0.1) is 0 Å². The lowest BCUT2D eigenvalue weighted by Gasteiger charge is -2.48. The number of piperidine rings is 1. The van der Waals surface area contributed by atoms with Gasteiger partial charge in [-0.25, -0.2) is 8.78 Å². The molecule has 0 aromatic heterocycles. The third kappa shape index (κ3) is 4.37. The summed E-state index contributed by atoms with van der Waals surface area (Å²) in [7, 11) is 0. The molecule has 5 rings (SSSR count). The van der Waals surface area contributed by atoms with E-state index in [1.54, 1.807) is 24.3 Å². The summed E-state index contributed by atoms with van der Waals surface area (Å²) in [5, 5.41) is 0. The Morgan fingerprint density at radius 2 is 1.73 bits per heavy atom. The number of carbonyl (C=O) groups is 2. The molecule has 2 heterocycles. The monoisotopic (exact) mass is 455 g/mol. The fourth-order valence-corrected chi connectivity index (χ4v) is 5.05. The zero-order chi connectivity index (χ0) is 23.2. The Bertz CT molecular complexity index is 1060. The second kappa shape index (κ2) is 8.50. The Kier molecular flexibility index (Phi) is 5.66. The number of benzene rings is 2. The largest absolute Gasteiger partial charge is 0.368 e. The van der Waals surface area contributed by atoms with Crippen molar-refractivity contribution in [3.63, 3.8) is 0 Å². The number of primary amides is 1. The fourth-order valence-electron chi connectivity index (χ4n) is 5.05. The molecular weight excluding hydrogens is 428 g/mol. The maximum Gasteiger partial charge on any atom is 0.248 e. The summed E-state index contributed by atoms with van der Waals surface area (Å²) in [5.41, 5.74) is 6.81. The quantitative estimate of drug-likeness (QED) is 0.752. The number of hydrogen-bond donors (Lipinski definition) is 1. The molecule has 1 spiro atoms. The van der Waals surface area contributed by atoms with Gasteiger partial charge in [0.1, 0.15) is 24.3 Å². The van der Waals surface area contributed by atoms with Gasteiger partial charge in [0, 0.05) is 24.7 Å². The van der Waals surface area contributed by atoms with Crippen molar-refractivity contribution in [2.75, 3.05) is 26.2 Å². The summed E-state index contributed by atoms with van der Waals surface area (Å²) >= 11 is 0. The molecular formula is C25H27F2N3O3. The number of rotatable bonds is 5. The SMILES string of the molecule is NC(=O)C(c1ccc(-c2ccc(F)cc2)cc1F)N1CCC2(CC1)CN(C1CC1)C(=O)CO2. The molecule has 2 saturated heterocycles. The first-order valence-corrected chi connectivity index (χ1v) is 11.4. The molecule has 2 aromatic carbocycles. The van der Waals surface area contributed by atoms with Crippen LogP contribution in [-0.4, -0.2) is 59.5 Å². The minimum atomic E-state index is -0.894. The highest BCUT2D eigenvalue weighted by Gasteiger charge is 2.47. The van der Waals surface area contributed by atoms with Crippen molar-refractivity contribution < 1.29 is 23.1 Å². The van der Waals surface area contributed by atoms with Gasteiger partial charge in [0.05, 0.1) is 12.1 Å². The maximum absolute atomic E-state index is 15.1. The third-order valence-electron chi connectivity index (χ3n) is 7.08. The van der Waals surface area contributed by atoms with E-state index in [1.165, 1.54) is 18.2 Å². The minimum Gasteiger partial charge on any atom is -0.368 e. The molecule has 6 nitrogen and oxygen atoms in total. The highest BCUT2D eigenvalue weighted by molar-refractivity contribution is 5.82. The molecule has 174 valence electrons. The standard InChI is InChI=1S/C25H27F2N3O3/c26-18-4-1-16(2-5-18)17-3-8-20(21(27)13-17)23(24(28)32)29-11-9-25(10-12-29)15-30(19-6-7-19)22(31)14-33-25/h1-5,8,13,19,23H,6-7,9-12,14-15H2,(H2,28,32). The van der Waals surface area contributed by atoms with E-state index in [1.807, 2.05) is 9.80 Å². The van der Waals surface area contributed by atoms with Gasteiger partial charge < -0.3 is 15.4 Å². The predicted octanol–water partition coefficient (Wildman–Crippen LogP) is 3.01. The van der Waals surface area contributed by atoms with Gasteiger partial charge in [0.2, 0.25) is 11.8 Å². The van der Waals surface area contributed by atoms with Crippen molar-refractivity contribution in [2.24, 2.45) is 5.73 Å². The Morgan fingerprint density at radius 1 is 1.06 bits per heavy atom. The van der Waals surface area contributed by atoms with Gasteiger partial charge >= 0.3 is 0 Å². The normalized spacial score (nSPS) is 21.9. The summed E-state index contributed by atoms with van der Waals surface area (Å²) in [4.78, 5) is 28.4. The predicted molar refractivity (Wildman–Crippen MR) is 118 cm³/mol. The third-order valence-corrected chi connectivity index (χ3v) is 7.08. The van der Waals surface area contributed by atoms with Gasteiger partial charge in [-0.3, -0.25) is 14.5 Å². The lowest BCUT2D eigenvalue weighted by molar-refractivity contribution is -0.173. The van der Waals surface area contributed by atoms with Crippen molar-refractivity contribution in [1.29, 1.82) is 0 Å². The molecule has 1 unspecified atom stereocenters. The first-order valence-electron chi connectivity index (χ1n) is 11.4. The van der Waals surface area contributed by atoms with E-state index in [9.17, 15) is 14.0 Å². The number of ether oxygens (including phenoxy) is 1. The smallest absolute Gasteiger partial charge is 0.248 e. The molecule has 1 aliphatic carbocycles. The number of hydrogen-bond acceptors (Lipinski definition) is 4. The minimum absolute atomic E-state index is 0.0453. The van der Waals surface area contributed by atoms with Crippen LogP contribution < -0.4 is 5.73 Å². The molecule has 33 heavy (non-hydrogen) atoms. The molecule has 8 heteroatoms. The van der Waals surface area contributed by atoms with Crippen molar-refractivity contribution in [2.45, 2.75) is 43.4 Å². The summed E-state index contributed by atoms with van der Waals surface area (Å²) in [5.74, 6) is -1.46. The Morgan fingerprint density at radius 3 is 2.33 bits per heavy atom. The molecule has 3 aliphatic rings. The van der Waals surface area contributed by atoms with Crippen LogP contribution in [-0.2, 0) is 14.3 Å². The van der Waals surface area contributed by atoms with Gasteiger partial charge in [0.25, 0.3) is 0 Å². The van der Waals surface area contributed by atoms with Crippen molar-refractivity contribution in [3.05, 3.63) is 59.7 Å². The molecule has 2 amide bonds. The van der Waals surface area contributed by atoms with Crippen molar-refractivity contribution >= 4 is 11.8 Å². The molecule has 2 N–H and O–H groups in total. The number of carbonyl (C=O) groups excluding carboxylic acids is 2. The van der Waals surface area contributed by atoms with Gasteiger partial charge in [0.15, 0.2) is 0 Å². The summed E-state index contributed by atoms with van der Waals surface area (Å²) < 4.78 is 34.3. The molecule has 0 radical (unpaired) electrons. The second-order valence-electron chi connectivity index (χ2n) is 9.31. The fraction of sp³-hybridized carbons (Fsp3) is 0.440. The van der Waals surface area contributed by atoms with Crippen LogP contribution >= 0.6 is 0 Å². The van der Waals surface area contributed by atoms with Crippen LogP contribution in [0.5, 0.6) is 0 Å². The average Bonchev–Trinajstić information content (AvgIpc) is 3.64. The van der Waals surface area contributed by atoms with E-state index in [0.29, 0.717) is 49.6 Å². The molecule has 1 atom stereocenters. The van der Waals surface area contributed by atoms with E-state index in [2.05, 4.69) is 0 Å². The first-order chi connectivity index (χ1) is 15.8. The van der Waals surface area contributed by atoms with Crippen LogP contribution in [0.3, 0.4) is 0 Å². The van der Waals surface area contributed by atoms with Crippen molar-refractivity contribution in [3.8, 4) is 11.1 Å². The van der Waals surface area contributed by atoms with E-state index in [4.69, 9.17) is 10.5 Å². The molecule has 0 bridgehead atoms. The maximum atomic E-state index is 15.1. The molecule has 2 aromatic rings. The second-order valence-corrected chi connectivity index (χ2v) is 9.31. The number of morpholine rings is 1. The zero-order valence-corrected chi connectivity index (χ0v) is 18.3. The molecule has 2 aliphatic heterocycles. The van der Waals surface area contributed by atoms with E-state index in [-0.39, 0.29) is 23.9 Å². The highest BCUT2D eigenvalue weighted by Crippen LogP contribution is 2.38. The lowest BCUT2D eigenvalue weighted by atomic mass is 9.87. The number of likely N-dealkylation sites (tertiary alicyclic amines) is 1. The molecule has 1 saturated carbocycles. The summed E-state index contributed by atoms with van der Waals surface area (Å²) in [6.45, 7) is 1.69. The van der Waals surface area contributed by atoms with Gasteiger partial charge in [-0.05, 0) is 55.0 Å². The average molecular weight is 456 g/mol. The van der Waals surface area contributed by atoms with Crippen LogP contribution in [0.2, 0.25) is 0 Å². The summed E-state index contributed by atoms with van der Waals surface area (Å²) in [6, 6.07) is 9.91. The van der Waals surface area contributed by atoms with Crippen LogP contribution in [0.1, 0.15) is 37.3 Å². The van der Waals surface area contributed by atoms with Gasteiger partial charge in [-0.2, -0.15) is 0 Å². The van der Waals surface area contributed by atoms with Crippen LogP contribution in [0.25, 0.3) is 11.1 Å². The first kappa shape index (κ1) is 22.0. The van der Waals surface area contributed by atoms with Crippen LogP contribution in [0.15, 0.2) is 42.5 Å². The number of nitrogens with zero attached hydrogens (tertiary/aromatic N) is 2. The van der Waals surface area contributed by atoms with E-state index in [0.717, 1.165) is 12.8 Å². The van der Waals surface area contributed by atoms with E-state index < -0.39 is 23.4 Å².